The Morgan fingerprint density at radius 3 is 2.79 bits per heavy atom. The van der Waals surface area contributed by atoms with Crippen molar-refractivity contribution in [2.45, 2.75) is 58.7 Å². The van der Waals surface area contributed by atoms with Crippen molar-refractivity contribution in [3.8, 4) is 0 Å². The summed E-state index contributed by atoms with van der Waals surface area (Å²) in [6, 6.07) is 0.897. The fraction of sp³-hybridized carbons (Fsp3) is 0.929. The highest BCUT2D eigenvalue weighted by Gasteiger charge is 2.30. The molecule has 0 saturated carbocycles. The van der Waals surface area contributed by atoms with E-state index in [1.165, 1.54) is 0 Å². The number of amides is 1. The van der Waals surface area contributed by atoms with Gasteiger partial charge in [-0.3, -0.25) is 0 Å². The van der Waals surface area contributed by atoms with E-state index >= 15 is 0 Å². The summed E-state index contributed by atoms with van der Waals surface area (Å²) in [4.78, 5) is 13.7. The summed E-state index contributed by atoms with van der Waals surface area (Å²) in [5.41, 5.74) is -0.409. The van der Waals surface area contributed by atoms with Crippen molar-refractivity contribution in [2.24, 2.45) is 0 Å². The standard InChI is InChI=1S/C14H28N2O2S/c1-6-19-10-11(2)15-12-7-8-16(9-12)13(17)18-14(3,4)5/h11-12,15H,6-10H2,1-5H3. The van der Waals surface area contributed by atoms with E-state index in [0.717, 1.165) is 31.0 Å². The van der Waals surface area contributed by atoms with Gasteiger partial charge in [0.2, 0.25) is 0 Å². The molecule has 0 aromatic heterocycles. The quantitative estimate of drug-likeness (QED) is 0.844. The Morgan fingerprint density at radius 1 is 1.53 bits per heavy atom. The van der Waals surface area contributed by atoms with Gasteiger partial charge in [-0.1, -0.05) is 6.92 Å². The van der Waals surface area contributed by atoms with Gasteiger partial charge in [0.25, 0.3) is 0 Å². The highest BCUT2D eigenvalue weighted by Crippen LogP contribution is 2.16. The molecule has 1 amide bonds. The average Bonchev–Trinajstić information content (AvgIpc) is 2.72. The molecule has 19 heavy (non-hydrogen) atoms. The van der Waals surface area contributed by atoms with Crippen molar-refractivity contribution in [1.82, 2.24) is 10.2 Å². The zero-order valence-corrected chi connectivity index (χ0v) is 13.7. The lowest BCUT2D eigenvalue weighted by Crippen LogP contribution is -2.41. The summed E-state index contributed by atoms with van der Waals surface area (Å²) in [7, 11) is 0. The summed E-state index contributed by atoms with van der Waals surface area (Å²) < 4.78 is 5.39. The van der Waals surface area contributed by atoms with Crippen LogP contribution in [0.15, 0.2) is 0 Å². The molecular formula is C14H28N2O2S. The fourth-order valence-corrected chi connectivity index (χ4v) is 2.82. The molecule has 1 fully saturated rings. The summed E-state index contributed by atoms with van der Waals surface area (Å²) in [6.45, 7) is 11.6. The van der Waals surface area contributed by atoms with E-state index in [1.54, 1.807) is 0 Å². The number of nitrogens with one attached hydrogen (secondary N) is 1. The van der Waals surface area contributed by atoms with Gasteiger partial charge in [-0.2, -0.15) is 11.8 Å². The monoisotopic (exact) mass is 288 g/mol. The third-order valence-corrected chi connectivity index (χ3v) is 4.08. The van der Waals surface area contributed by atoms with Gasteiger partial charge in [0, 0.05) is 30.9 Å². The Balaban J connectivity index is 2.31. The maximum atomic E-state index is 11.9. The van der Waals surface area contributed by atoms with Crippen molar-refractivity contribution in [3.05, 3.63) is 0 Å². The van der Waals surface area contributed by atoms with Gasteiger partial charge < -0.3 is 15.0 Å². The molecule has 1 N–H and O–H groups in total. The van der Waals surface area contributed by atoms with Crippen LogP contribution in [0.25, 0.3) is 0 Å². The van der Waals surface area contributed by atoms with Gasteiger partial charge in [-0.05, 0) is 39.9 Å². The van der Waals surface area contributed by atoms with E-state index in [9.17, 15) is 4.79 Å². The Labute approximate surface area is 121 Å². The number of ether oxygens (including phenoxy) is 1. The molecule has 0 radical (unpaired) electrons. The zero-order valence-electron chi connectivity index (χ0n) is 12.9. The predicted molar refractivity (Wildman–Crippen MR) is 81.8 cm³/mol. The van der Waals surface area contributed by atoms with E-state index in [2.05, 4.69) is 19.2 Å². The van der Waals surface area contributed by atoms with Crippen LogP contribution >= 0.6 is 11.8 Å². The van der Waals surface area contributed by atoms with E-state index in [0.29, 0.717) is 12.1 Å². The molecule has 2 unspecified atom stereocenters. The molecule has 1 saturated heterocycles. The molecule has 5 heteroatoms. The first kappa shape index (κ1) is 16.6. The predicted octanol–water partition coefficient (Wildman–Crippen LogP) is 2.73. The first-order chi connectivity index (χ1) is 8.81. The van der Waals surface area contributed by atoms with Crippen molar-refractivity contribution in [3.63, 3.8) is 0 Å². The first-order valence-corrected chi connectivity index (χ1v) is 8.29. The first-order valence-electron chi connectivity index (χ1n) is 7.13. The van der Waals surface area contributed by atoms with Gasteiger partial charge in [-0.15, -0.1) is 0 Å². The molecule has 0 aliphatic carbocycles. The van der Waals surface area contributed by atoms with Gasteiger partial charge in [0.1, 0.15) is 5.60 Å². The van der Waals surface area contributed by atoms with Crippen molar-refractivity contribution >= 4 is 17.9 Å². The Kier molecular flexibility index (Phi) is 6.47. The second kappa shape index (κ2) is 7.39. The lowest BCUT2D eigenvalue weighted by Gasteiger charge is -2.25. The summed E-state index contributed by atoms with van der Waals surface area (Å²) in [5, 5.41) is 3.59. The third kappa shape index (κ3) is 6.52. The van der Waals surface area contributed by atoms with E-state index in [4.69, 9.17) is 4.74 Å². The second-order valence-electron chi connectivity index (χ2n) is 6.14. The van der Waals surface area contributed by atoms with Crippen LogP contribution in [0, 0.1) is 0 Å². The molecule has 0 spiro atoms. The van der Waals surface area contributed by atoms with Crippen LogP contribution in [-0.2, 0) is 4.74 Å². The van der Waals surface area contributed by atoms with Gasteiger partial charge in [-0.25, -0.2) is 4.79 Å². The molecule has 0 aromatic carbocycles. The van der Waals surface area contributed by atoms with Gasteiger partial charge in [0.15, 0.2) is 0 Å². The molecule has 0 aromatic rings. The van der Waals surface area contributed by atoms with Crippen LogP contribution < -0.4 is 5.32 Å². The summed E-state index contributed by atoms with van der Waals surface area (Å²) in [5.74, 6) is 2.28. The number of carbonyl (C=O) groups excluding carboxylic acids is 1. The number of likely N-dealkylation sites (tertiary alicyclic amines) is 1. The van der Waals surface area contributed by atoms with Crippen molar-refractivity contribution < 1.29 is 9.53 Å². The van der Waals surface area contributed by atoms with Crippen LogP contribution in [0.1, 0.15) is 41.0 Å². The molecule has 0 bridgehead atoms. The Hall–Kier alpha value is -0.420. The molecule has 1 aliphatic rings. The second-order valence-corrected chi connectivity index (χ2v) is 7.46. The molecule has 1 rings (SSSR count). The van der Waals surface area contributed by atoms with Crippen molar-refractivity contribution in [1.29, 1.82) is 0 Å². The van der Waals surface area contributed by atoms with Crippen LogP contribution in [0.2, 0.25) is 0 Å². The number of rotatable bonds is 5. The van der Waals surface area contributed by atoms with E-state index in [-0.39, 0.29) is 6.09 Å². The third-order valence-electron chi connectivity index (χ3n) is 2.93. The molecule has 1 aliphatic heterocycles. The van der Waals surface area contributed by atoms with E-state index in [1.807, 2.05) is 37.4 Å². The Morgan fingerprint density at radius 2 is 2.21 bits per heavy atom. The van der Waals surface area contributed by atoms with Crippen molar-refractivity contribution in [2.75, 3.05) is 24.6 Å². The van der Waals surface area contributed by atoms with E-state index < -0.39 is 5.60 Å². The van der Waals surface area contributed by atoms with Crippen LogP contribution in [0.5, 0.6) is 0 Å². The van der Waals surface area contributed by atoms with Gasteiger partial charge in [0.05, 0.1) is 0 Å². The topological polar surface area (TPSA) is 41.6 Å². The molecule has 1 heterocycles. The number of carbonyl (C=O) groups is 1. The maximum Gasteiger partial charge on any atom is 0.410 e. The zero-order chi connectivity index (χ0) is 14.5. The maximum absolute atomic E-state index is 11.9. The number of thioether (sulfide) groups is 1. The highest BCUT2D eigenvalue weighted by molar-refractivity contribution is 7.99. The van der Waals surface area contributed by atoms with Crippen LogP contribution in [0.3, 0.4) is 0 Å². The summed E-state index contributed by atoms with van der Waals surface area (Å²) >= 11 is 1.95. The molecule has 2 atom stereocenters. The average molecular weight is 288 g/mol. The van der Waals surface area contributed by atoms with Crippen LogP contribution in [-0.4, -0.2) is 53.3 Å². The molecular weight excluding hydrogens is 260 g/mol. The lowest BCUT2D eigenvalue weighted by atomic mass is 10.2. The normalized spacial score (nSPS) is 21.5. The largest absolute Gasteiger partial charge is 0.444 e. The minimum absolute atomic E-state index is 0.188. The lowest BCUT2D eigenvalue weighted by molar-refractivity contribution is 0.0290. The van der Waals surface area contributed by atoms with Crippen LogP contribution in [0.4, 0.5) is 4.79 Å². The number of hydrogen-bond donors (Lipinski definition) is 1. The highest BCUT2D eigenvalue weighted by atomic mass is 32.2. The SMILES string of the molecule is CCSCC(C)NC1CCN(C(=O)OC(C)(C)C)C1. The fourth-order valence-electron chi connectivity index (χ4n) is 2.13. The summed E-state index contributed by atoms with van der Waals surface area (Å²) in [6.07, 6.45) is 0.827. The van der Waals surface area contributed by atoms with Gasteiger partial charge >= 0.3 is 6.09 Å². The number of nitrogens with zero attached hydrogens (tertiary/aromatic N) is 1. The molecule has 112 valence electrons. The minimum atomic E-state index is -0.409. The Bertz CT molecular complexity index is 292. The smallest absolute Gasteiger partial charge is 0.410 e. The minimum Gasteiger partial charge on any atom is -0.444 e. The number of hydrogen-bond acceptors (Lipinski definition) is 4. The molecule has 4 nitrogen and oxygen atoms in total.